The molecule has 0 spiro atoms. The zero-order valence-electron chi connectivity index (χ0n) is 9.88. The van der Waals surface area contributed by atoms with Crippen LogP contribution in [0.25, 0.3) is 11.4 Å². The molecular formula is C12H15N3O2. The van der Waals surface area contributed by atoms with E-state index < -0.39 is 0 Å². The summed E-state index contributed by atoms with van der Waals surface area (Å²) in [6.45, 7) is 4.32. The summed E-state index contributed by atoms with van der Waals surface area (Å²) >= 11 is 0. The summed E-state index contributed by atoms with van der Waals surface area (Å²) in [5.41, 5.74) is 6.48. The molecule has 5 heteroatoms. The number of ether oxygens (including phenoxy) is 1. The fourth-order valence-corrected chi connectivity index (χ4v) is 1.46. The second-order valence-corrected chi connectivity index (χ2v) is 3.67. The summed E-state index contributed by atoms with van der Waals surface area (Å²) in [5.74, 6) is 1.67. The molecule has 1 aromatic heterocycles. The van der Waals surface area contributed by atoms with Crippen molar-refractivity contribution in [2.75, 3.05) is 6.61 Å². The van der Waals surface area contributed by atoms with Gasteiger partial charge in [-0.3, -0.25) is 0 Å². The van der Waals surface area contributed by atoms with Crippen LogP contribution in [0, 0.1) is 0 Å². The maximum atomic E-state index is 5.67. The third-order valence-electron chi connectivity index (χ3n) is 2.26. The van der Waals surface area contributed by atoms with Crippen LogP contribution < -0.4 is 10.5 Å². The van der Waals surface area contributed by atoms with Crippen molar-refractivity contribution in [3.05, 3.63) is 30.2 Å². The first kappa shape index (κ1) is 11.6. The highest BCUT2D eigenvalue weighted by Gasteiger charge is 2.14. The van der Waals surface area contributed by atoms with Gasteiger partial charge in [-0.2, -0.15) is 4.98 Å². The van der Waals surface area contributed by atoms with Crippen LogP contribution in [0.15, 0.2) is 28.8 Å². The lowest BCUT2D eigenvalue weighted by atomic mass is 10.2. The van der Waals surface area contributed by atoms with Crippen LogP contribution in [-0.2, 0) is 0 Å². The Kier molecular flexibility index (Phi) is 3.39. The standard InChI is InChI=1S/C12H15N3O2/c1-3-16-10-7-5-4-6-9(10)11-14-12(8(2)13)17-15-11/h4-8H,3,13H2,1-2H3/t8-/m0/s1. The van der Waals surface area contributed by atoms with Crippen LogP contribution in [0.4, 0.5) is 0 Å². The lowest BCUT2D eigenvalue weighted by molar-refractivity contribution is 0.340. The van der Waals surface area contributed by atoms with Crippen LogP contribution in [-0.4, -0.2) is 16.7 Å². The highest BCUT2D eigenvalue weighted by molar-refractivity contribution is 5.63. The number of benzene rings is 1. The summed E-state index contributed by atoms with van der Waals surface area (Å²) in [6, 6.07) is 7.30. The monoisotopic (exact) mass is 233 g/mol. The Morgan fingerprint density at radius 1 is 1.41 bits per heavy atom. The maximum absolute atomic E-state index is 5.67. The fourth-order valence-electron chi connectivity index (χ4n) is 1.46. The molecule has 1 aromatic carbocycles. The Bertz CT molecular complexity index is 494. The van der Waals surface area contributed by atoms with E-state index in [2.05, 4.69) is 10.1 Å². The van der Waals surface area contributed by atoms with Gasteiger partial charge in [-0.1, -0.05) is 17.3 Å². The van der Waals surface area contributed by atoms with E-state index in [1.807, 2.05) is 31.2 Å². The van der Waals surface area contributed by atoms with Gasteiger partial charge >= 0.3 is 0 Å². The fraction of sp³-hybridized carbons (Fsp3) is 0.333. The van der Waals surface area contributed by atoms with Crippen LogP contribution in [0.5, 0.6) is 5.75 Å². The Labute approximate surface area is 99.6 Å². The molecule has 2 aromatic rings. The van der Waals surface area contributed by atoms with E-state index in [9.17, 15) is 0 Å². The summed E-state index contributed by atoms with van der Waals surface area (Å²) in [7, 11) is 0. The van der Waals surface area contributed by atoms with Crippen molar-refractivity contribution in [3.8, 4) is 17.1 Å². The van der Waals surface area contributed by atoms with Crippen molar-refractivity contribution in [2.45, 2.75) is 19.9 Å². The number of nitrogens with zero attached hydrogens (tertiary/aromatic N) is 2. The third kappa shape index (κ3) is 2.45. The van der Waals surface area contributed by atoms with Crippen molar-refractivity contribution in [1.82, 2.24) is 10.1 Å². The van der Waals surface area contributed by atoms with Crippen molar-refractivity contribution < 1.29 is 9.26 Å². The predicted molar refractivity (Wildman–Crippen MR) is 63.5 cm³/mol. The van der Waals surface area contributed by atoms with E-state index in [1.165, 1.54) is 0 Å². The molecule has 0 saturated carbocycles. The van der Waals surface area contributed by atoms with E-state index >= 15 is 0 Å². The Hall–Kier alpha value is -1.88. The van der Waals surface area contributed by atoms with Crippen LogP contribution in [0.3, 0.4) is 0 Å². The van der Waals surface area contributed by atoms with Gasteiger partial charge in [0.25, 0.3) is 0 Å². The maximum Gasteiger partial charge on any atom is 0.243 e. The van der Waals surface area contributed by atoms with Gasteiger partial charge in [0.2, 0.25) is 11.7 Å². The average Bonchev–Trinajstić information content (AvgIpc) is 2.79. The molecule has 2 N–H and O–H groups in total. The molecule has 0 radical (unpaired) electrons. The van der Waals surface area contributed by atoms with Crippen LogP contribution in [0.2, 0.25) is 0 Å². The number of nitrogens with two attached hydrogens (primary N) is 1. The van der Waals surface area contributed by atoms with Crippen molar-refractivity contribution in [1.29, 1.82) is 0 Å². The van der Waals surface area contributed by atoms with E-state index in [-0.39, 0.29) is 6.04 Å². The normalized spacial score (nSPS) is 12.4. The minimum absolute atomic E-state index is 0.268. The average molecular weight is 233 g/mol. The molecule has 0 aliphatic rings. The molecule has 0 aliphatic heterocycles. The first-order valence-corrected chi connectivity index (χ1v) is 5.53. The zero-order chi connectivity index (χ0) is 12.3. The smallest absolute Gasteiger partial charge is 0.243 e. The predicted octanol–water partition coefficient (Wildman–Crippen LogP) is 2.15. The summed E-state index contributed by atoms with van der Waals surface area (Å²) in [5, 5.41) is 3.90. The molecule has 17 heavy (non-hydrogen) atoms. The molecule has 0 aliphatic carbocycles. The largest absolute Gasteiger partial charge is 0.493 e. The van der Waals surface area contributed by atoms with Gasteiger partial charge in [0.05, 0.1) is 18.2 Å². The lowest BCUT2D eigenvalue weighted by Gasteiger charge is -2.06. The summed E-state index contributed by atoms with van der Waals surface area (Å²) in [6.07, 6.45) is 0. The van der Waals surface area contributed by atoms with Crippen LogP contribution >= 0.6 is 0 Å². The van der Waals surface area contributed by atoms with Crippen molar-refractivity contribution >= 4 is 0 Å². The third-order valence-corrected chi connectivity index (χ3v) is 2.26. The van der Waals surface area contributed by atoms with Crippen molar-refractivity contribution in [3.63, 3.8) is 0 Å². The number of rotatable bonds is 4. The van der Waals surface area contributed by atoms with Gasteiger partial charge in [0, 0.05) is 0 Å². The molecule has 0 fully saturated rings. The second-order valence-electron chi connectivity index (χ2n) is 3.67. The second kappa shape index (κ2) is 4.97. The molecule has 5 nitrogen and oxygen atoms in total. The molecule has 2 rings (SSSR count). The molecule has 0 amide bonds. The number of hydrogen-bond donors (Lipinski definition) is 1. The van der Waals surface area contributed by atoms with Gasteiger partial charge in [0.1, 0.15) is 5.75 Å². The SMILES string of the molecule is CCOc1ccccc1-c1noc([C@H](C)N)n1. The van der Waals surface area contributed by atoms with Crippen LogP contribution in [0.1, 0.15) is 25.8 Å². The molecular weight excluding hydrogens is 218 g/mol. The molecule has 0 bridgehead atoms. The van der Waals surface area contributed by atoms with E-state index in [0.717, 1.165) is 11.3 Å². The molecule has 0 unspecified atom stereocenters. The number of aromatic nitrogens is 2. The molecule has 0 saturated heterocycles. The van der Waals surface area contributed by atoms with Gasteiger partial charge in [-0.05, 0) is 26.0 Å². The minimum atomic E-state index is -0.268. The Morgan fingerprint density at radius 3 is 2.82 bits per heavy atom. The minimum Gasteiger partial charge on any atom is -0.493 e. The van der Waals surface area contributed by atoms with Gasteiger partial charge in [0.15, 0.2) is 0 Å². The topological polar surface area (TPSA) is 74.2 Å². The number of hydrogen-bond acceptors (Lipinski definition) is 5. The highest BCUT2D eigenvalue weighted by atomic mass is 16.5. The van der Waals surface area contributed by atoms with Crippen molar-refractivity contribution in [2.24, 2.45) is 5.73 Å². The Morgan fingerprint density at radius 2 is 2.18 bits per heavy atom. The zero-order valence-corrected chi connectivity index (χ0v) is 9.88. The van der Waals surface area contributed by atoms with E-state index in [0.29, 0.717) is 18.3 Å². The van der Waals surface area contributed by atoms with Gasteiger partial charge in [-0.25, -0.2) is 0 Å². The summed E-state index contributed by atoms with van der Waals surface area (Å²) < 4.78 is 10.6. The Balaban J connectivity index is 2.38. The van der Waals surface area contributed by atoms with Gasteiger partial charge < -0.3 is 15.0 Å². The summed E-state index contributed by atoms with van der Waals surface area (Å²) in [4.78, 5) is 4.24. The lowest BCUT2D eigenvalue weighted by Crippen LogP contribution is -2.04. The van der Waals surface area contributed by atoms with E-state index in [1.54, 1.807) is 6.92 Å². The highest BCUT2D eigenvalue weighted by Crippen LogP contribution is 2.27. The quantitative estimate of drug-likeness (QED) is 0.875. The van der Waals surface area contributed by atoms with E-state index in [4.69, 9.17) is 15.0 Å². The molecule has 90 valence electrons. The molecule has 1 atom stereocenters. The number of para-hydroxylation sites is 1. The van der Waals surface area contributed by atoms with Gasteiger partial charge in [-0.15, -0.1) is 0 Å². The molecule has 1 heterocycles. The first-order valence-electron chi connectivity index (χ1n) is 5.53. The first-order chi connectivity index (χ1) is 8.22.